The molecule has 3 nitrogen and oxygen atoms in total. The fourth-order valence-corrected chi connectivity index (χ4v) is 2.35. The molecule has 1 atom stereocenters. The molecular weight excluding hydrogens is 280 g/mol. The van der Waals surface area contributed by atoms with Gasteiger partial charge in [0.25, 0.3) is 0 Å². The Morgan fingerprint density at radius 3 is 2.88 bits per heavy atom. The highest BCUT2D eigenvalue weighted by atomic mass is 79.9. The van der Waals surface area contributed by atoms with E-state index >= 15 is 0 Å². The standard InChI is InChI=1S/C13H15BrN2O/c14-12-4-3-10(6-9(7-15)8-17)13-11(12)2-1-5-16-13/h1-5,9,17H,6-8,15H2. The first-order valence-electron chi connectivity index (χ1n) is 5.59. The Balaban J connectivity index is 2.44. The topological polar surface area (TPSA) is 59.1 Å². The van der Waals surface area contributed by atoms with Crippen LogP contribution in [-0.4, -0.2) is 23.2 Å². The van der Waals surface area contributed by atoms with E-state index in [0.29, 0.717) is 6.54 Å². The van der Waals surface area contributed by atoms with Gasteiger partial charge < -0.3 is 10.8 Å². The third-order valence-corrected chi connectivity index (χ3v) is 3.59. The molecule has 0 saturated carbocycles. The highest BCUT2D eigenvalue weighted by molar-refractivity contribution is 9.10. The van der Waals surface area contributed by atoms with Crippen molar-refractivity contribution in [3.8, 4) is 0 Å². The summed E-state index contributed by atoms with van der Waals surface area (Å²) in [5.41, 5.74) is 7.73. The highest BCUT2D eigenvalue weighted by Gasteiger charge is 2.11. The number of fused-ring (bicyclic) bond motifs is 1. The van der Waals surface area contributed by atoms with Gasteiger partial charge in [0.1, 0.15) is 0 Å². The van der Waals surface area contributed by atoms with E-state index < -0.39 is 0 Å². The maximum absolute atomic E-state index is 9.20. The number of nitrogens with zero attached hydrogens (tertiary/aromatic N) is 1. The number of nitrogens with two attached hydrogens (primary N) is 1. The van der Waals surface area contributed by atoms with Crippen LogP contribution in [-0.2, 0) is 6.42 Å². The van der Waals surface area contributed by atoms with E-state index in [-0.39, 0.29) is 12.5 Å². The van der Waals surface area contributed by atoms with Gasteiger partial charge in [0, 0.05) is 22.7 Å². The van der Waals surface area contributed by atoms with E-state index in [4.69, 9.17) is 5.73 Å². The maximum Gasteiger partial charge on any atom is 0.0745 e. The van der Waals surface area contributed by atoms with Crippen LogP contribution in [0.25, 0.3) is 10.9 Å². The molecule has 2 rings (SSSR count). The molecule has 0 amide bonds. The number of aromatic nitrogens is 1. The molecule has 0 aliphatic heterocycles. The van der Waals surface area contributed by atoms with Crippen LogP contribution < -0.4 is 5.73 Å². The van der Waals surface area contributed by atoms with Crippen LogP contribution in [0.3, 0.4) is 0 Å². The average molecular weight is 295 g/mol. The van der Waals surface area contributed by atoms with E-state index in [2.05, 4.69) is 20.9 Å². The molecule has 0 fully saturated rings. The molecule has 17 heavy (non-hydrogen) atoms. The first kappa shape index (κ1) is 12.5. The summed E-state index contributed by atoms with van der Waals surface area (Å²) in [4.78, 5) is 4.41. The number of aliphatic hydroxyl groups is 1. The number of halogens is 1. The average Bonchev–Trinajstić information content (AvgIpc) is 2.38. The lowest BCUT2D eigenvalue weighted by Crippen LogP contribution is -2.20. The molecule has 0 spiro atoms. The van der Waals surface area contributed by atoms with E-state index in [1.165, 1.54) is 0 Å². The number of aliphatic hydroxyl groups excluding tert-OH is 1. The van der Waals surface area contributed by atoms with Crippen LogP contribution in [0.5, 0.6) is 0 Å². The van der Waals surface area contributed by atoms with Gasteiger partial charge >= 0.3 is 0 Å². The van der Waals surface area contributed by atoms with Crippen molar-refractivity contribution in [2.24, 2.45) is 11.7 Å². The van der Waals surface area contributed by atoms with Crippen LogP contribution in [0.1, 0.15) is 5.56 Å². The Morgan fingerprint density at radius 1 is 1.35 bits per heavy atom. The summed E-state index contributed by atoms with van der Waals surface area (Å²) < 4.78 is 1.04. The van der Waals surface area contributed by atoms with Crippen molar-refractivity contribution in [3.63, 3.8) is 0 Å². The van der Waals surface area contributed by atoms with Crippen molar-refractivity contribution in [1.82, 2.24) is 4.98 Å². The van der Waals surface area contributed by atoms with Gasteiger partial charge in [0.2, 0.25) is 0 Å². The lowest BCUT2D eigenvalue weighted by molar-refractivity contribution is 0.230. The predicted molar refractivity (Wildman–Crippen MR) is 72.8 cm³/mol. The number of hydrogen-bond donors (Lipinski definition) is 2. The second kappa shape index (κ2) is 5.58. The molecule has 1 unspecified atom stereocenters. The molecule has 3 N–H and O–H groups in total. The highest BCUT2D eigenvalue weighted by Crippen LogP contribution is 2.26. The minimum Gasteiger partial charge on any atom is -0.396 e. The van der Waals surface area contributed by atoms with Gasteiger partial charge in [-0.3, -0.25) is 4.98 Å². The lowest BCUT2D eigenvalue weighted by atomic mass is 9.98. The fraction of sp³-hybridized carbons (Fsp3) is 0.308. The molecule has 0 aliphatic carbocycles. The van der Waals surface area contributed by atoms with Crippen LogP contribution in [0.15, 0.2) is 34.9 Å². The molecule has 1 heterocycles. The number of benzene rings is 1. The Bertz CT molecular complexity index is 512. The Kier molecular flexibility index (Phi) is 4.10. The zero-order chi connectivity index (χ0) is 12.3. The minimum absolute atomic E-state index is 0.0985. The fourth-order valence-electron chi connectivity index (χ4n) is 1.89. The third-order valence-electron chi connectivity index (χ3n) is 2.90. The Morgan fingerprint density at radius 2 is 2.18 bits per heavy atom. The van der Waals surface area contributed by atoms with Crippen molar-refractivity contribution in [1.29, 1.82) is 0 Å². The smallest absolute Gasteiger partial charge is 0.0745 e. The Labute approximate surface area is 109 Å². The molecule has 1 aromatic carbocycles. The largest absolute Gasteiger partial charge is 0.396 e. The van der Waals surface area contributed by atoms with Gasteiger partial charge in [-0.15, -0.1) is 0 Å². The van der Waals surface area contributed by atoms with Gasteiger partial charge in [-0.1, -0.05) is 28.1 Å². The molecule has 0 bridgehead atoms. The van der Waals surface area contributed by atoms with Crippen molar-refractivity contribution in [2.75, 3.05) is 13.2 Å². The van der Waals surface area contributed by atoms with E-state index in [9.17, 15) is 5.11 Å². The van der Waals surface area contributed by atoms with Crippen molar-refractivity contribution in [2.45, 2.75) is 6.42 Å². The summed E-state index contributed by atoms with van der Waals surface area (Å²) in [5, 5.41) is 10.3. The quantitative estimate of drug-likeness (QED) is 0.908. The molecule has 1 aromatic heterocycles. The van der Waals surface area contributed by atoms with E-state index in [1.807, 2.05) is 24.3 Å². The zero-order valence-electron chi connectivity index (χ0n) is 9.44. The van der Waals surface area contributed by atoms with Gasteiger partial charge in [0.05, 0.1) is 5.52 Å². The first-order chi connectivity index (χ1) is 8.26. The number of hydrogen-bond acceptors (Lipinski definition) is 3. The van der Waals surface area contributed by atoms with Crippen LogP contribution in [0.2, 0.25) is 0 Å². The van der Waals surface area contributed by atoms with Crippen molar-refractivity contribution >= 4 is 26.8 Å². The maximum atomic E-state index is 9.20. The van der Waals surface area contributed by atoms with Gasteiger partial charge in [0.15, 0.2) is 0 Å². The molecule has 4 heteroatoms. The van der Waals surface area contributed by atoms with Crippen LogP contribution in [0, 0.1) is 5.92 Å². The van der Waals surface area contributed by atoms with Gasteiger partial charge in [-0.25, -0.2) is 0 Å². The number of rotatable bonds is 4. The second-order valence-corrected chi connectivity index (χ2v) is 4.95. The summed E-state index contributed by atoms with van der Waals surface area (Å²) in [7, 11) is 0. The summed E-state index contributed by atoms with van der Waals surface area (Å²) in [6.45, 7) is 0.599. The molecule has 0 aliphatic rings. The van der Waals surface area contributed by atoms with Crippen LogP contribution >= 0.6 is 15.9 Å². The molecular formula is C13H15BrN2O. The predicted octanol–water partition coefficient (Wildman–Crippen LogP) is 2.11. The summed E-state index contributed by atoms with van der Waals surface area (Å²) in [5.74, 6) is 0.0985. The molecule has 0 saturated heterocycles. The van der Waals surface area contributed by atoms with Gasteiger partial charge in [-0.05, 0) is 36.6 Å². The van der Waals surface area contributed by atoms with E-state index in [1.54, 1.807) is 6.20 Å². The van der Waals surface area contributed by atoms with Crippen LogP contribution in [0.4, 0.5) is 0 Å². The van der Waals surface area contributed by atoms with Crippen molar-refractivity contribution < 1.29 is 5.11 Å². The van der Waals surface area contributed by atoms with E-state index in [0.717, 1.165) is 27.4 Å². The number of pyridine rings is 1. The zero-order valence-corrected chi connectivity index (χ0v) is 11.0. The SMILES string of the molecule is NCC(CO)Cc1ccc(Br)c2cccnc12. The first-order valence-corrected chi connectivity index (χ1v) is 6.38. The normalized spacial score (nSPS) is 12.9. The second-order valence-electron chi connectivity index (χ2n) is 4.09. The molecule has 0 radical (unpaired) electrons. The van der Waals surface area contributed by atoms with Gasteiger partial charge in [-0.2, -0.15) is 0 Å². The summed E-state index contributed by atoms with van der Waals surface area (Å²) in [6.07, 6.45) is 2.54. The third kappa shape index (κ3) is 2.65. The molecule has 90 valence electrons. The lowest BCUT2D eigenvalue weighted by Gasteiger charge is -2.13. The molecule has 2 aromatic rings. The van der Waals surface area contributed by atoms with Crippen molar-refractivity contribution in [3.05, 3.63) is 40.5 Å². The summed E-state index contributed by atoms with van der Waals surface area (Å²) >= 11 is 3.52. The Hall–Kier alpha value is -0.970. The minimum atomic E-state index is 0.0985. The monoisotopic (exact) mass is 294 g/mol. The summed E-state index contributed by atoms with van der Waals surface area (Å²) in [6, 6.07) is 8.01.